The molecule has 8 heteroatoms. The number of anilines is 1. The molecular weight excluding hydrogens is 296 g/mol. The van der Waals surface area contributed by atoms with E-state index >= 15 is 0 Å². The third-order valence-corrected chi connectivity index (χ3v) is 3.66. The highest BCUT2D eigenvalue weighted by atomic mass is 32.2. The predicted molar refractivity (Wildman–Crippen MR) is 77.1 cm³/mol. The standard InChI is InChI=1S/C13H18N2O5S/c1-13(2,8-12(17)18)7-11(16)15-9-3-5-10(6-4-9)21(14,19)20/h3-6H,7-8H2,1-2H3,(H,15,16)(H,17,18)(H2,14,19,20). The van der Waals surface area contributed by atoms with Crippen LogP contribution in [0, 0.1) is 5.41 Å². The molecule has 116 valence electrons. The van der Waals surface area contributed by atoms with Crippen LogP contribution in [0.4, 0.5) is 5.69 Å². The van der Waals surface area contributed by atoms with Gasteiger partial charge in [-0.3, -0.25) is 9.59 Å². The zero-order chi connectivity index (χ0) is 16.3. The van der Waals surface area contributed by atoms with Crippen LogP contribution < -0.4 is 10.5 Å². The van der Waals surface area contributed by atoms with Crippen molar-refractivity contribution in [1.82, 2.24) is 0 Å². The van der Waals surface area contributed by atoms with Gasteiger partial charge >= 0.3 is 5.97 Å². The molecule has 0 heterocycles. The SMILES string of the molecule is CC(C)(CC(=O)O)CC(=O)Nc1ccc(S(N)(=O)=O)cc1. The summed E-state index contributed by atoms with van der Waals surface area (Å²) in [5.41, 5.74) is -0.255. The fourth-order valence-electron chi connectivity index (χ4n) is 1.84. The molecule has 1 aromatic rings. The van der Waals surface area contributed by atoms with E-state index in [-0.39, 0.29) is 23.6 Å². The van der Waals surface area contributed by atoms with Crippen molar-refractivity contribution >= 4 is 27.6 Å². The minimum absolute atomic E-state index is 0.0379. The van der Waals surface area contributed by atoms with Crippen molar-refractivity contribution in [1.29, 1.82) is 0 Å². The summed E-state index contributed by atoms with van der Waals surface area (Å²) in [6.45, 7) is 3.37. The molecule has 0 radical (unpaired) electrons. The fraction of sp³-hybridized carbons (Fsp3) is 0.385. The van der Waals surface area contributed by atoms with Crippen LogP contribution >= 0.6 is 0 Å². The summed E-state index contributed by atoms with van der Waals surface area (Å²) in [5.74, 6) is -1.31. The maximum absolute atomic E-state index is 11.8. The van der Waals surface area contributed by atoms with Crippen LogP contribution in [0.2, 0.25) is 0 Å². The number of amides is 1. The second kappa shape index (κ2) is 6.23. The van der Waals surface area contributed by atoms with Gasteiger partial charge in [-0.2, -0.15) is 0 Å². The van der Waals surface area contributed by atoms with E-state index in [0.717, 1.165) is 0 Å². The lowest BCUT2D eigenvalue weighted by Gasteiger charge is -2.21. The van der Waals surface area contributed by atoms with Crippen LogP contribution in [-0.2, 0) is 19.6 Å². The van der Waals surface area contributed by atoms with Crippen molar-refractivity contribution in [2.24, 2.45) is 10.6 Å². The average molecular weight is 314 g/mol. The fourth-order valence-corrected chi connectivity index (χ4v) is 2.36. The second-order valence-electron chi connectivity index (χ2n) is 5.53. The van der Waals surface area contributed by atoms with Crippen LogP contribution in [0.15, 0.2) is 29.2 Å². The summed E-state index contributed by atoms with van der Waals surface area (Å²) in [6.07, 6.45) is -0.0823. The summed E-state index contributed by atoms with van der Waals surface area (Å²) in [4.78, 5) is 22.5. The molecule has 0 spiro atoms. The Morgan fingerprint density at radius 2 is 1.71 bits per heavy atom. The number of nitrogens with two attached hydrogens (primary N) is 1. The largest absolute Gasteiger partial charge is 0.481 e. The van der Waals surface area contributed by atoms with E-state index < -0.39 is 21.4 Å². The number of aliphatic carboxylic acids is 1. The molecule has 1 rings (SSSR count). The zero-order valence-corrected chi connectivity index (χ0v) is 12.6. The van der Waals surface area contributed by atoms with Crippen molar-refractivity contribution in [3.05, 3.63) is 24.3 Å². The molecule has 0 saturated heterocycles. The van der Waals surface area contributed by atoms with Gasteiger partial charge in [-0.15, -0.1) is 0 Å². The quantitative estimate of drug-likeness (QED) is 0.726. The molecule has 0 bridgehead atoms. The first-order valence-electron chi connectivity index (χ1n) is 6.14. The summed E-state index contributed by atoms with van der Waals surface area (Å²) < 4.78 is 22.2. The molecule has 1 amide bonds. The second-order valence-corrected chi connectivity index (χ2v) is 7.09. The molecule has 0 saturated carbocycles. The number of carbonyl (C=O) groups is 2. The molecule has 0 aliphatic rings. The number of hydrogen-bond acceptors (Lipinski definition) is 4. The lowest BCUT2D eigenvalue weighted by molar-refractivity contribution is -0.139. The third kappa shape index (κ3) is 5.92. The van der Waals surface area contributed by atoms with Gasteiger partial charge in [0.2, 0.25) is 15.9 Å². The highest BCUT2D eigenvalue weighted by Crippen LogP contribution is 2.25. The number of benzene rings is 1. The Labute approximate surface area is 123 Å². The highest BCUT2D eigenvalue weighted by molar-refractivity contribution is 7.89. The van der Waals surface area contributed by atoms with Gasteiger partial charge in [-0.05, 0) is 29.7 Å². The van der Waals surface area contributed by atoms with E-state index in [0.29, 0.717) is 5.69 Å². The molecule has 0 fully saturated rings. The first kappa shape index (κ1) is 17.1. The Morgan fingerprint density at radius 3 is 2.14 bits per heavy atom. The van der Waals surface area contributed by atoms with Crippen molar-refractivity contribution in [2.75, 3.05) is 5.32 Å². The molecule has 4 N–H and O–H groups in total. The maximum Gasteiger partial charge on any atom is 0.303 e. The van der Waals surface area contributed by atoms with Gasteiger partial charge in [0.25, 0.3) is 0 Å². The Hall–Kier alpha value is -1.93. The van der Waals surface area contributed by atoms with Gasteiger partial charge in [0, 0.05) is 12.1 Å². The van der Waals surface area contributed by atoms with Gasteiger partial charge < -0.3 is 10.4 Å². The van der Waals surface area contributed by atoms with Gasteiger partial charge in [0.15, 0.2) is 0 Å². The first-order valence-corrected chi connectivity index (χ1v) is 7.69. The number of sulfonamides is 1. The van der Waals surface area contributed by atoms with Gasteiger partial charge in [-0.1, -0.05) is 13.8 Å². The predicted octanol–water partition coefficient (Wildman–Crippen LogP) is 1.16. The summed E-state index contributed by atoms with van der Waals surface area (Å²) >= 11 is 0. The van der Waals surface area contributed by atoms with Gasteiger partial charge in [0.1, 0.15) is 0 Å². The van der Waals surface area contributed by atoms with Crippen molar-refractivity contribution in [3.63, 3.8) is 0 Å². The summed E-state index contributed by atoms with van der Waals surface area (Å²) in [6, 6.07) is 5.41. The number of nitrogens with one attached hydrogen (secondary N) is 1. The molecule has 0 aliphatic carbocycles. The monoisotopic (exact) mass is 314 g/mol. The van der Waals surface area contributed by atoms with Crippen LogP contribution in [-0.4, -0.2) is 25.4 Å². The molecule has 21 heavy (non-hydrogen) atoms. The lowest BCUT2D eigenvalue weighted by Crippen LogP contribution is -2.24. The van der Waals surface area contributed by atoms with Crippen molar-refractivity contribution < 1.29 is 23.1 Å². The van der Waals surface area contributed by atoms with E-state index in [1.54, 1.807) is 13.8 Å². The third-order valence-electron chi connectivity index (χ3n) is 2.74. The van der Waals surface area contributed by atoms with E-state index in [9.17, 15) is 18.0 Å². The average Bonchev–Trinajstić information content (AvgIpc) is 2.25. The van der Waals surface area contributed by atoms with E-state index in [1.807, 2.05) is 0 Å². The van der Waals surface area contributed by atoms with E-state index in [2.05, 4.69) is 5.32 Å². The molecule has 0 atom stereocenters. The van der Waals surface area contributed by atoms with Crippen LogP contribution in [0.25, 0.3) is 0 Å². The molecular formula is C13H18N2O5S. The number of primary sulfonamides is 1. The Kier molecular flexibility index (Phi) is 5.08. The maximum atomic E-state index is 11.8. The Bertz CT molecular complexity index is 635. The Balaban J connectivity index is 2.69. The number of carbonyl (C=O) groups excluding carboxylic acids is 1. The number of rotatable bonds is 6. The molecule has 7 nitrogen and oxygen atoms in total. The topological polar surface area (TPSA) is 127 Å². The minimum atomic E-state index is -3.77. The van der Waals surface area contributed by atoms with Crippen molar-refractivity contribution in [3.8, 4) is 0 Å². The van der Waals surface area contributed by atoms with E-state index in [4.69, 9.17) is 10.2 Å². The summed E-state index contributed by atoms with van der Waals surface area (Å²) in [5, 5.41) is 16.3. The highest BCUT2D eigenvalue weighted by Gasteiger charge is 2.25. The number of hydrogen-bond donors (Lipinski definition) is 3. The first-order chi connectivity index (χ1) is 9.49. The normalized spacial score (nSPS) is 12.0. The van der Waals surface area contributed by atoms with Crippen LogP contribution in [0.5, 0.6) is 0 Å². The smallest absolute Gasteiger partial charge is 0.303 e. The minimum Gasteiger partial charge on any atom is -0.481 e. The molecule has 0 aromatic heterocycles. The van der Waals surface area contributed by atoms with Crippen LogP contribution in [0.1, 0.15) is 26.7 Å². The molecule has 0 unspecified atom stereocenters. The Morgan fingerprint density at radius 1 is 1.19 bits per heavy atom. The van der Waals surface area contributed by atoms with Gasteiger partial charge in [-0.25, -0.2) is 13.6 Å². The number of carboxylic acids is 1. The van der Waals surface area contributed by atoms with E-state index in [1.165, 1.54) is 24.3 Å². The van der Waals surface area contributed by atoms with Gasteiger partial charge in [0.05, 0.1) is 11.3 Å². The number of carboxylic acid groups (broad SMARTS) is 1. The van der Waals surface area contributed by atoms with Crippen LogP contribution in [0.3, 0.4) is 0 Å². The molecule has 0 aliphatic heterocycles. The molecule has 1 aromatic carbocycles. The summed E-state index contributed by atoms with van der Waals surface area (Å²) in [7, 11) is -3.77. The lowest BCUT2D eigenvalue weighted by atomic mass is 9.85. The van der Waals surface area contributed by atoms with Crippen molar-refractivity contribution in [2.45, 2.75) is 31.6 Å². The zero-order valence-electron chi connectivity index (χ0n) is 11.8.